The van der Waals surface area contributed by atoms with Gasteiger partial charge in [-0.1, -0.05) is 11.6 Å². The smallest absolute Gasteiger partial charge is 0.253 e. The van der Waals surface area contributed by atoms with Gasteiger partial charge in [-0.3, -0.25) is 15.3 Å². The first-order chi connectivity index (χ1) is 9.20. The van der Waals surface area contributed by atoms with Gasteiger partial charge in [-0.2, -0.15) is 5.10 Å². The van der Waals surface area contributed by atoms with E-state index in [2.05, 4.69) is 15.8 Å². The maximum Gasteiger partial charge on any atom is 0.253 e. The Morgan fingerprint density at radius 1 is 1.47 bits per heavy atom. The number of aromatic nitrogens is 2. The summed E-state index contributed by atoms with van der Waals surface area (Å²) in [6, 6.07) is 7.34. The van der Waals surface area contributed by atoms with Gasteiger partial charge in [0.05, 0.1) is 17.8 Å². The average molecular weight is 259 g/mol. The summed E-state index contributed by atoms with van der Waals surface area (Å²) in [6.07, 6.45) is 3.56. The predicted octanol–water partition coefficient (Wildman–Crippen LogP) is 0.907. The van der Waals surface area contributed by atoms with E-state index in [1.165, 1.54) is 0 Å². The Balaban J connectivity index is 1.97. The molecule has 0 spiro atoms. The largest absolute Gasteiger partial charge is 0.350 e. The first-order valence-corrected chi connectivity index (χ1v) is 6.03. The van der Waals surface area contributed by atoms with Gasteiger partial charge >= 0.3 is 0 Å². The zero-order chi connectivity index (χ0) is 13.7. The van der Waals surface area contributed by atoms with Crippen molar-refractivity contribution in [3.63, 3.8) is 0 Å². The first kappa shape index (κ1) is 13.1. The Labute approximate surface area is 111 Å². The molecule has 0 aliphatic rings. The summed E-state index contributed by atoms with van der Waals surface area (Å²) in [4.78, 5) is 12.1. The van der Waals surface area contributed by atoms with Crippen LogP contribution in [0.5, 0.6) is 0 Å². The monoisotopic (exact) mass is 259 g/mol. The Bertz CT molecular complexity index is 550. The minimum atomic E-state index is -0.149. The summed E-state index contributed by atoms with van der Waals surface area (Å²) < 4.78 is 1.76. The highest BCUT2D eigenvalue weighted by Gasteiger charge is 2.10. The molecule has 1 aromatic carbocycles. The highest BCUT2D eigenvalue weighted by atomic mass is 16.1. The molecule has 0 aliphatic carbocycles. The van der Waals surface area contributed by atoms with E-state index in [4.69, 9.17) is 5.84 Å². The molecule has 2 aromatic rings. The second kappa shape index (κ2) is 6.01. The van der Waals surface area contributed by atoms with Crippen molar-refractivity contribution in [2.75, 3.05) is 12.0 Å². The number of rotatable bonds is 5. The topological polar surface area (TPSA) is 85.0 Å². The number of carbonyl (C=O) groups excluding carboxylic acids is 1. The van der Waals surface area contributed by atoms with E-state index < -0.39 is 0 Å². The number of aryl methyl sites for hydroxylation is 1. The van der Waals surface area contributed by atoms with Gasteiger partial charge in [-0.25, -0.2) is 0 Å². The summed E-state index contributed by atoms with van der Waals surface area (Å²) in [5.74, 6) is 5.25. The molecule has 1 amide bonds. The molecule has 0 atom stereocenters. The van der Waals surface area contributed by atoms with Crippen LogP contribution in [0.4, 0.5) is 5.69 Å². The minimum Gasteiger partial charge on any atom is -0.350 e. The number of hydrogen-bond acceptors (Lipinski definition) is 4. The molecule has 0 saturated heterocycles. The highest BCUT2D eigenvalue weighted by Crippen LogP contribution is 2.15. The van der Waals surface area contributed by atoms with Crippen LogP contribution < -0.4 is 16.6 Å². The molecule has 100 valence electrons. The number of nitrogen functional groups attached to an aromatic ring is 1. The number of nitrogens with two attached hydrogens (primary N) is 1. The molecule has 2 rings (SSSR count). The number of amides is 1. The summed E-state index contributed by atoms with van der Waals surface area (Å²) in [5.41, 5.74) is 4.70. The highest BCUT2D eigenvalue weighted by molar-refractivity contribution is 5.99. The zero-order valence-electron chi connectivity index (χ0n) is 10.8. The van der Waals surface area contributed by atoms with Crippen molar-refractivity contribution in [2.24, 2.45) is 5.84 Å². The minimum absolute atomic E-state index is 0.149. The lowest BCUT2D eigenvalue weighted by Gasteiger charge is -2.10. The van der Waals surface area contributed by atoms with Gasteiger partial charge in [0.2, 0.25) is 0 Å². The third-order valence-corrected chi connectivity index (χ3v) is 2.76. The second-order valence-electron chi connectivity index (χ2n) is 4.22. The fraction of sp³-hybridized carbons (Fsp3) is 0.231. The van der Waals surface area contributed by atoms with Crippen molar-refractivity contribution in [3.05, 3.63) is 47.8 Å². The standard InChI is InChI=1S/C13H17N5O/c1-10-3-4-12(17-14)11(9-10)13(19)15-6-8-18-7-2-5-16-18/h2-5,7,9,17H,6,8,14H2,1H3,(H,15,19). The van der Waals surface area contributed by atoms with E-state index in [1.807, 2.05) is 25.3 Å². The van der Waals surface area contributed by atoms with Crippen LogP contribution in [0, 0.1) is 6.92 Å². The van der Waals surface area contributed by atoms with Crippen LogP contribution in [0.25, 0.3) is 0 Å². The molecule has 0 aliphatic heterocycles. The van der Waals surface area contributed by atoms with Gasteiger partial charge < -0.3 is 10.7 Å². The Morgan fingerprint density at radius 3 is 3.00 bits per heavy atom. The summed E-state index contributed by atoms with van der Waals surface area (Å²) in [5, 5.41) is 6.91. The van der Waals surface area contributed by atoms with E-state index in [1.54, 1.807) is 23.0 Å². The second-order valence-corrected chi connectivity index (χ2v) is 4.22. The van der Waals surface area contributed by atoms with Gasteiger partial charge in [0.1, 0.15) is 0 Å². The molecule has 1 heterocycles. The molecule has 1 aromatic heterocycles. The fourth-order valence-corrected chi connectivity index (χ4v) is 1.78. The molecule has 0 fully saturated rings. The molecule has 0 saturated carbocycles. The van der Waals surface area contributed by atoms with Crippen molar-refractivity contribution in [1.82, 2.24) is 15.1 Å². The third kappa shape index (κ3) is 3.32. The third-order valence-electron chi connectivity index (χ3n) is 2.76. The normalized spacial score (nSPS) is 10.2. The summed E-state index contributed by atoms with van der Waals surface area (Å²) in [7, 11) is 0. The van der Waals surface area contributed by atoms with Crippen LogP contribution in [-0.4, -0.2) is 22.2 Å². The Morgan fingerprint density at radius 2 is 2.32 bits per heavy atom. The number of nitrogens with zero attached hydrogens (tertiary/aromatic N) is 2. The van der Waals surface area contributed by atoms with Crippen LogP contribution in [0.2, 0.25) is 0 Å². The lowest BCUT2D eigenvalue weighted by molar-refractivity contribution is 0.0952. The van der Waals surface area contributed by atoms with Crippen molar-refractivity contribution in [3.8, 4) is 0 Å². The van der Waals surface area contributed by atoms with Crippen molar-refractivity contribution in [1.29, 1.82) is 0 Å². The van der Waals surface area contributed by atoms with Gasteiger partial charge in [0, 0.05) is 18.9 Å². The molecule has 4 N–H and O–H groups in total. The van der Waals surface area contributed by atoms with Crippen LogP contribution in [0.3, 0.4) is 0 Å². The molecular weight excluding hydrogens is 242 g/mol. The SMILES string of the molecule is Cc1ccc(NN)c(C(=O)NCCn2cccn2)c1. The number of hydrazine groups is 1. The van der Waals surface area contributed by atoms with Crippen molar-refractivity contribution < 1.29 is 4.79 Å². The molecular formula is C13H17N5O. The lowest BCUT2D eigenvalue weighted by atomic mass is 10.1. The zero-order valence-corrected chi connectivity index (χ0v) is 10.8. The molecule has 19 heavy (non-hydrogen) atoms. The Hall–Kier alpha value is -2.34. The predicted molar refractivity (Wildman–Crippen MR) is 73.5 cm³/mol. The number of carbonyl (C=O) groups is 1. The van der Waals surface area contributed by atoms with Crippen LogP contribution in [0.1, 0.15) is 15.9 Å². The van der Waals surface area contributed by atoms with E-state index in [0.29, 0.717) is 24.3 Å². The van der Waals surface area contributed by atoms with Crippen LogP contribution >= 0.6 is 0 Å². The van der Waals surface area contributed by atoms with Crippen molar-refractivity contribution in [2.45, 2.75) is 13.5 Å². The molecule has 0 radical (unpaired) electrons. The number of nitrogens with one attached hydrogen (secondary N) is 2. The van der Waals surface area contributed by atoms with Crippen LogP contribution in [-0.2, 0) is 6.54 Å². The average Bonchev–Trinajstić information content (AvgIpc) is 2.91. The summed E-state index contributed by atoms with van der Waals surface area (Å²) >= 11 is 0. The summed E-state index contributed by atoms with van der Waals surface area (Å²) in [6.45, 7) is 3.08. The lowest BCUT2D eigenvalue weighted by Crippen LogP contribution is -2.28. The molecule has 0 bridgehead atoms. The number of hydrogen-bond donors (Lipinski definition) is 3. The Kier molecular flexibility index (Phi) is 4.15. The van der Waals surface area contributed by atoms with E-state index >= 15 is 0 Å². The quantitative estimate of drug-likeness (QED) is 0.550. The van der Waals surface area contributed by atoms with E-state index in [-0.39, 0.29) is 5.91 Å². The van der Waals surface area contributed by atoms with E-state index in [9.17, 15) is 4.79 Å². The van der Waals surface area contributed by atoms with Gasteiger partial charge in [-0.05, 0) is 25.1 Å². The van der Waals surface area contributed by atoms with Gasteiger partial charge in [0.15, 0.2) is 0 Å². The van der Waals surface area contributed by atoms with E-state index in [0.717, 1.165) is 5.56 Å². The van der Waals surface area contributed by atoms with Gasteiger partial charge in [0.25, 0.3) is 5.91 Å². The van der Waals surface area contributed by atoms with Gasteiger partial charge in [-0.15, -0.1) is 0 Å². The maximum atomic E-state index is 12.1. The molecule has 6 heteroatoms. The van der Waals surface area contributed by atoms with Crippen molar-refractivity contribution >= 4 is 11.6 Å². The molecule has 0 unspecified atom stereocenters. The maximum absolute atomic E-state index is 12.1. The number of anilines is 1. The number of benzene rings is 1. The molecule has 6 nitrogen and oxygen atoms in total. The fourth-order valence-electron chi connectivity index (χ4n) is 1.78. The first-order valence-electron chi connectivity index (χ1n) is 6.03. The van der Waals surface area contributed by atoms with Crippen LogP contribution in [0.15, 0.2) is 36.7 Å².